The van der Waals surface area contributed by atoms with Crippen LogP contribution in [-0.2, 0) is 12.7 Å². The van der Waals surface area contributed by atoms with Crippen molar-refractivity contribution in [2.24, 2.45) is 0 Å². The van der Waals surface area contributed by atoms with Gasteiger partial charge in [-0.25, -0.2) is 4.98 Å². The van der Waals surface area contributed by atoms with Crippen LogP contribution in [-0.4, -0.2) is 15.5 Å². The Morgan fingerprint density at radius 2 is 1.78 bits per heavy atom. The minimum atomic E-state index is -4.47. The Bertz CT molecular complexity index is 1270. The standard InChI is InChI=1S/C24H17F3IN3O/c25-24(26,27)21-10-2-1-9-20(21)17-6-4-8-19(12-17)31-15-29-14-22(31)23(32)30-13-16-5-3-7-18(28)11-16/h1-12,14-15H,13H2,(H,30,32). The van der Waals surface area contributed by atoms with Crippen molar-refractivity contribution in [1.29, 1.82) is 0 Å². The van der Waals surface area contributed by atoms with Gasteiger partial charge in [-0.15, -0.1) is 0 Å². The molecule has 1 N–H and O–H groups in total. The summed E-state index contributed by atoms with van der Waals surface area (Å²) in [5.74, 6) is -0.331. The number of amides is 1. The van der Waals surface area contributed by atoms with E-state index in [0.717, 1.165) is 15.2 Å². The largest absolute Gasteiger partial charge is 0.417 e. The van der Waals surface area contributed by atoms with Crippen LogP contribution < -0.4 is 5.32 Å². The normalized spacial score (nSPS) is 11.4. The first-order valence-electron chi connectivity index (χ1n) is 9.65. The Kier molecular flexibility index (Phi) is 6.31. The van der Waals surface area contributed by atoms with Gasteiger partial charge in [-0.05, 0) is 69.6 Å². The van der Waals surface area contributed by atoms with E-state index in [4.69, 9.17) is 0 Å². The van der Waals surface area contributed by atoms with E-state index in [1.165, 1.54) is 24.7 Å². The first kappa shape index (κ1) is 22.1. The lowest BCUT2D eigenvalue weighted by molar-refractivity contribution is -0.137. The van der Waals surface area contributed by atoms with E-state index < -0.39 is 11.7 Å². The molecular formula is C24H17F3IN3O. The number of hydrogen-bond acceptors (Lipinski definition) is 2. The summed E-state index contributed by atoms with van der Waals surface area (Å²) in [6.45, 7) is 0.347. The van der Waals surface area contributed by atoms with E-state index >= 15 is 0 Å². The summed E-state index contributed by atoms with van der Waals surface area (Å²) in [5.41, 5.74) is 1.55. The Morgan fingerprint density at radius 1 is 1.00 bits per heavy atom. The molecule has 4 rings (SSSR count). The predicted molar refractivity (Wildman–Crippen MR) is 124 cm³/mol. The lowest BCUT2D eigenvalue weighted by Gasteiger charge is -2.14. The number of aromatic nitrogens is 2. The number of nitrogens with one attached hydrogen (secondary N) is 1. The van der Waals surface area contributed by atoms with Crippen molar-refractivity contribution in [3.8, 4) is 16.8 Å². The molecule has 0 saturated carbocycles. The van der Waals surface area contributed by atoms with Crippen LogP contribution in [0, 0.1) is 3.57 Å². The van der Waals surface area contributed by atoms with Gasteiger partial charge in [-0.1, -0.05) is 42.5 Å². The third kappa shape index (κ3) is 4.85. The van der Waals surface area contributed by atoms with Crippen LogP contribution in [0.1, 0.15) is 21.6 Å². The molecule has 32 heavy (non-hydrogen) atoms. The van der Waals surface area contributed by atoms with Gasteiger partial charge in [-0.3, -0.25) is 9.36 Å². The van der Waals surface area contributed by atoms with Crippen LogP contribution in [0.5, 0.6) is 0 Å². The molecule has 3 aromatic carbocycles. The van der Waals surface area contributed by atoms with Crippen molar-refractivity contribution in [2.75, 3.05) is 0 Å². The molecular weight excluding hydrogens is 530 g/mol. The van der Waals surface area contributed by atoms with Crippen LogP contribution >= 0.6 is 22.6 Å². The topological polar surface area (TPSA) is 46.9 Å². The van der Waals surface area contributed by atoms with Gasteiger partial charge in [0.1, 0.15) is 5.69 Å². The Balaban J connectivity index is 1.62. The molecule has 0 spiro atoms. The summed E-state index contributed by atoms with van der Waals surface area (Å²) in [4.78, 5) is 16.8. The first-order valence-corrected chi connectivity index (χ1v) is 10.7. The van der Waals surface area contributed by atoms with Crippen LogP contribution in [0.25, 0.3) is 16.8 Å². The SMILES string of the molecule is O=C(NCc1cccc(I)c1)c1cncn1-c1cccc(-c2ccccc2C(F)(F)F)c1. The molecule has 1 heterocycles. The van der Waals surface area contributed by atoms with Crippen molar-refractivity contribution in [3.63, 3.8) is 0 Å². The van der Waals surface area contributed by atoms with E-state index in [1.807, 2.05) is 24.3 Å². The van der Waals surface area contributed by atoms with Gasteiger partial charge in [0.05, 0.1) is 18.1 Å². The first-order chi connectivity index (χ1) is 15.3. The molecule has 162 valence electrons. The summed E-state index contributed by atoms with van der Waals surface area (Å²) >= 11 is 2.20. The number of benzene rings is 3. The van der Waals surface area contributed by atoms with Gasteiger partial charge in [-0.2, -0.15) is 13.2 Å². The monoisotopic (exact) mass is 547 g/mol. The maximum absolute atomic E-state index is 13.5. The van der Waals surface area contributed by atoms with Gasteiger partial charge in [0.15, 0.2) is 0 Å². The van der Waals surface area contributed by atoms with Gasteiger partial charge < -0.3 is 5.32 Å². The summed E-state index contributed by atoms with van der Waals surface area (Å²) in [6.07, 6.45) is -1.57. The minimum Gasteiger partial charge on any atom is -0.347 e. The molecule has 4 nitrogen and oxygen atoms in total. The molecule has 0 radical (unpaired) electrons. The second-order valence-corrected chi connectivity index (χ2v) is 8.30. The van der Waals surface area contributed by atoms with Gasteiger partial charge in [0, 0.05) is 15.8 Å². The predicted octanol–water partition coefficient (Wildman–Crippen LogP) is 6.09. The summed E-state index contributed by atoms with van der Waals surface area (Å²) in [7, 11) is 0. The Hall–Kier alpha value is -3.14. The lowest BCUT2D eigenvalue weighted by atomic mass is 9.99. The fourth-order valence-corrected chi connectivity index (χ4v) is 4.00. The van der Waals surface area contributed by atoms with Crippen LogP contribution in [0.4, 0.5) is 13.2 Å². The highest BCUT2D eigenvalue weighted by molar-refractivity contribution is 14.1. The van der Waals surface area contributed by atoms with Crippen molar-refractivity contribution in [1.82, 2.24) is 14.9 Å². The number of rotatable bonds is 5. The van der Waals surface area contributed by atoms with E-state index in [2.05, 4.69) is 32.9 Å². The zero-order valence-electron chi connectivity index (χ0n) is 16.6. The molecule has 8 heteroatoms. The van der Waals surface area contributed by atoms with Crippen LogP contribution in [0.2, 0.25) is 0 Å². The minimum absolute atomic E-state index is 0.0756. The third-order valence-corrected chi connectivity index (χ3v) is 5.55. The van der Waals surface area contributed by atoms with Crippen molar-refractivity contribution < 1.29 is 18.0 Å². The lowest BCUT2D eigenvalue weighted by Crippen LogP contribution is -2.25. The molecule has 1 aromatic heterocycles. The third-order valence-electron chi connectivity index (χ3n) is 4.88. The van der Waals surface area contributed by atoms with Crippen molar-refractivity contribution in [2.45, 2.75) is 12.7 Å². The molecule has 4 aromatic rings. The number of halogens is 4. The molecule has 0 fully saturated rings. The number of hydrogen-bond donors (Lipinski definition) is 1. The Morgan fingerprint density at radius 3 is 2.56 bits per heavy atom. The maximum Gasteiger partial charge on any atom is 0.417 e. The highest BCUT2D eigenvalue weighted by atomic mass is 127. The zero-order chi connectivity index (χ0) is 22.7. The van der Waals surface area contributed by atoms with Crippen LogP contribution in [0.15, 0.2) is 85.3 Å². The highest BCUT2D eigenvalue weighted by Gasteiger charge is 2.33. The molecule has 0 unspecified atom stereocenters. The summed E-state index contributed by atoms with van der Waals surface area (Å²) in [6, 6.07) is 19.8. The molecule has 0 aliphatic carbocycles. The van der Waals surface area contributed by atoms with Gasteiger partial charge in [0.2, 0.25) is 0 Å². The van der Waals surface area contributed by atoms with E-state index in [9.17, 15) is 18.0 Å². The maximum atomic E-state index is 13.5. The van der Waals surface area contributed by atoms with Gasteiger partial charge >= 0.3 is 6.18 Å². The highest BCUT2D eigenvalue weighted by Crippen LogP contribution is 2.37. The fourth-order valence-electron chi connectivity index (χ4n) is 3.39. The second kappa shape index (κ2) is 9.15. The average Bonchev–Trinajstić information content (AvgIpc) is 3.27. The number of carbonyl (C=O) groups excluding carboxylic acids is 1. The average molecular weight is 547 g/mol. The smallest absolute Gasteiger partial charge is 0.347 e. The zero-order valence-corrected chi connectivity index (χ0v) is 18.8. The molecule has 1 amide bonds. The van der Waals surface area contributed by atoms with Gasteiger partial charge in [0.25, 0.3) is 5.91 Å². The van der Waals surface area contributed by atoms with Crippen LogP contribution in [0.3, 0.4) is 0 Å². The number of alkyl halides is 3. The summed E-state index contributed by atoms with van der Waals surface area (Å²) < 4.78 is 43.0. The van der Waals surface area contributed by atoms with E-state index in [1.54, 1.807) is 34.9 Å². The quantitative estimate of drug-likeness (QED) is 0.308. The fraction of sp³-hybridized carbons (Fsp3) is 0.0833. The Labute approximate surface area is 196 Å². The number of imidazole rings is 1. The molecule has 0 aliphatic heterocycles. The number of carbonyl (C=O) groups is 1. The van der Waals surface area contributed by atoms with E-state index in [-0.39, 0.29) is 17.2 Å². The molecule has 0 saturated heterocycles. The second-order valence-electron chi connectivity index (χ2n) is 7.06. The van der Waals surface area contributed by atoms with Crippen molar-refractivity contribution >= 4 is 28.5 Å². The molecule has 0 bridgehead atoms. The number of nitrogens with zero attached hydrogens (tertiary/aromatic N) is 2. The molecule has 0 atom stereocenters. The molecule has 0 aliphatic rings. The van der Waals surface area contributed by atoms with Crippen molar-refractivity contribution in [3.05, 3.63) is 106 Å². The summed E-state index contributed by atoms with van der Waals surface area (Å²) in [5, 5.41) is 2.86. The van der Waals surface area contributed by atoms with E-state index in [0.29, 0.717) is 17.8 Å².